The summed E-state index contributed by atoms with van der Waals surface area (Å²) in [6.45, 7) is 2.25. The smallest absolute Gasteiger partial charge is 0.259 e. The van der Waals surface area contributed by atoms with Gasteiger partial charge in [0.05, 0.1) is 12.2 Å². The molecule has 0 unspecified atom stereocenters. The fourth-order valence-corrected chi connectivity index (χ4v) is 2.29. The maximum atomic E-state index is 12.2. The van der Waals surface area contributed by atoms with Crippen molar-refractivity contribution in [2.45, 2.75) is 6.92 Å². The molecule has 1 amide bonds. The molecule has 0 aromatic heterocycles. The van der Waals surface area contributed by atoms with Crippen molar-refractivity contribution in [1.29, 1.82) is 0 Å². The summed E-state index contributed by atoms with van der Waals surface area (Å²) < 4.78 is 0. The van der Waals surface area contributed by atoms with Crippen molar-refractivity contribution in [2.24, 2.45) is 0 Å². The summed E-state index contributed by atoms with van der Waals surface area (Å²) in [6.07, 6.45) is 0. The predicted octanol–water partition coefficient (Wildman–Crippen LogP) is 2.82. The molecule has 0 N–H and O–H groups in total. The molecule has 2 nitrogen and oxygen atoms in total. The molecule has 0 fully saturated rings. The van der Waals surface area contributed by atoms with Gasteiger partial charge >= 0.3 is 0 Å². The third-order valence-electron chi connectivity index (χ3n) is 3.06. The summed E-state index contributed by atoms with van der Waals surface area (Å²) in [5, 5.41) is 2.17. The van der Waals surface area contributed by atoms with E-state index in [1.54, 1.807) is 11.8 Å². The highest BCUT2D eigenvalue weighted by molar-refractivity contribution is 6.25. The number of carbonyl (C=O) groups is 1. The Balaban J connectivity index is 2.25. The van der Waals surface area contributed by atoms with Gasteiger partial charge in [0.1, 0.15) is 0 Å². The lowest BCUT2D eigenvalue weighted by Gasteiger charge is -2.13. The SMILES string of the molecule is CC#CCN1C(=O)c2cccc3cccc1c23. The van der Waals surface area contributed by atoms with Crippen LogP contribution >= 0.6 is 0 Å². The zero-order chi connectivity index (χ0) is 11.8. The van der Waals surface area contributed by atoms with Crippen LogP contribution in [-0.4, -0.2) is 12.5 Å². The van der Waals surface area contributed by atoms with Gasteiger partial charge < -0.3 is 0 Å². The minimum absolute atomic E-state index is 0.0551. The first-order valence-corrected chi connectivity index (χ1v) is 5.56. The van der Waals surface area contributed by atoms with Crippen molar-refractivity contribution in [3.05, 3.63) is 42.0 Å². The van der Waals surface area contributed by atoms with E-state index < -0.39 is 0 Å². The van der Waals surface area contributed by atoms with E-state index in [2.05, 4.69) is 11.8 Å². The minimum Gasteiger partial charge on any atom is -0.296 e. The van der Waals surface area contributed by atoms with E-state index in [4.69, 9.17) is 0 Å². The molecule has 0 saturated heterocycles. The van der Waals surface area contributed by atoms with Crippen molar-refractivity contribution < 1.29 is 4.79 Å². The molecular formula is C15H11NO. The van der Waals surface area contributed by atoms with Crippen molar-refractivity contribution in [3.8, 4) is 11.8 Å². The molecule has 1 heterocycles. The molecular weight excluding hydrogens is 210 g/mol. The second-order valence-electron chi connectivity index (χ2n) is 4.00. The van der Waals surface area contributed by atoms with Crippen LogP contribution in [0.5, 0.6) is 0 Å². The Morgan fingerprint density at radius 3 is 2.71 bits per heavy atom. The second kappa shape index (κ2) is 3.64. The van der Waals surface area contributed by atoms with Crippen LogP contribution in [0.4, 0.5) is 5.69 Å². The Hall–Kier alpha value is -2.27. The number of benzene rings is 2. The summed E-state index contributed by atoms with van der Waals surface area (Å²) in [5.74, 6) is 5.84. The number of nitrogens with zero attached hydrogens (tertiary/aromatic N) is 1. The first kappa shape index (κ1) is 9.92. The summed E-state index contributed by atoms with van der Waals surface area (Å²) in [6, 6.07) is 11.8. The van der Waals surface area contributed by atoms with Crippen molar-refractivity contribution >= 4 is 22.4 Å². The molecule has 2 aromatic rings. The van der Waals surface area contributed by atoms with Gasteiger partial charge in [-0.3, -0.25) is 9.69 Å². The van der Waals surface area contributed by atoms with Crippen molar-refractivity contribution in [2.75, 3.05) is 11.4 Å². The average Bonchev–Trinajstić information content (AvgIpc) is 2.64. The highest BCUT2D eigenvalue weighted by atomic mass is 16.2. The van der Waals surface area contributed by atoms with Crippen LogP contribution in [0.2, 0.25) is 0 Å². The van der Waals surface area contributed by atoms with Gasteiger partial charge in [0.15, 0.2) is 0 Å². The zero-order valence-corrected chi connectivity index (χ0v) is 9.53. The maximum absolute atomic E-state index is 12.2. The third-order valence-corrected chi connectivity index (χ3v) is 3.06. The van der Waals surface area contributed by atoms with Gasteiger partial charge in [-0.25, -0.2) is 0 Å². The van der Waals surface area contributed by atoms with Gasteiger partial charge in [-0.2, -0.15) is 0 Å². The fourth-order valence-electron chi connectivity index (χ4n) is 2.29. The van der Waals surface area contributed by atoms with Crippen LogP contribution in [0.3, 0.4) is 0 Å². The van der Waals surface area contributed by atoms with E-state index in [9.17, 15) is 4.79 Å². The molecule has 17 heavy (non-hydrogen) atoms. The van der Waals surface area contributed by atoms with Crippen LogP contribution in [0.25, 0.3) is 10.8 Å². The lowest BCUT2D eigenvalue weighted by Crippen LogP contribution is -2.26. The van der Waals surface area contributed by atoms with Gasteiger partial charge in [-0.15, -0.1) is 5.92 Å². The van der Waals surface area contributed by atoms with E-state index in [1.165, 1.54) is 0 Å². The van der Waals surface area contributed by atoms with E-state index >= 15 is 0 Å². The lowest BCUT2D eigenvalue weighted by molar-refractivity contribution is 0.0996. The van der Waals surface area contributed by atoms with Gasteiger partial charge in [0.25, 0.3) is 5.91 Å². The molecule has 1 aliphatic heterocycles. The maximum Gasteiger partial charge on any atom is 0.259 e. The van der Waals surface area contributed by atoms with Gasteiger partial charge in [-0.1, -0.05) is 30.2 Å². The Bertz CT molecular complexity index is 671. The number of hydrogen-bond donors (Lipinski definition) is 0. The highest BCUT2D eigenvalue weighted by Gasteiger charge is 2.28. The normalized spacial score (nSPS) is 12.8. The molecule has 82 valence electrons. The van der Waals surface area contributed by atoms with Gasteiger partial charge in [0, 0.05) is 10.9 Å². The van der Waals surface area contributed by atoms with Crippen LogP contribution in [0.15, 0.2) is 36.4 Å². The number of carbonyl (C=O) groups excluding carboxylic acids is 1. The predicted molar refractivity (Wildman–Crippen MR) is 69.1 cm³/mol. The molecule has 0 spiro atoms. The second-order valence-corrected chi connectivity index (χ2v) is 4.00. The molecule has 0 saturated carbocycles. The van der Waals surface area contributed by atoms with E-state index in [0.29, 0.717) is 6.54 Å². The summed E-state index contributed by atoms with van der Waals surface area (Å²) in [7, 11) is 0. The first-order valence-electron chi connectivity index (χ1n) is 5.56. The molecule has 0 aliphatic carbocycles. The molecule has 0 radical (unpaired) electrons. The summed E-state index contributed by atoms with van der Waals surface area (Å²) in [5.41, 5.74) is 1.77. The number of rotatable bonds is 1. The number of hydrogen-bond acceptors (Lipinski definition) is 1. The standard InChI is InChI=1S/C15H11NO/c1-2-3-10-16-13-9-5-7-11-6-4-8-12(14(11)13)15(16)17/h4-9H,10H2,1H3. The first-order chi connectivity index (χ1) is 8.33. The third kappa shape index (κ3) is 1.33. The fraction of sp³-hybridized carbons (Fsp3) is 0.133. The molecule has 2 aromatic carbocycles. The monoisotopic (exact) mass is 221 g/mol. The quantitative estimate of drug-likeness (QED) is 0.678. The molecule has 3 rings (SSSR count). The molecule has 0 atom stereocenters. The molecule has 0 bridgehead atoms. The van der Waals surface area contributed by atoms with E-state index in [1.807, 2.05) is 36.4 Å². The van der Waals surface area contributed by atoms with Gasteiger partial charge in [-0.05, 0) is 24.4 Å². The van der Waals surface area contributed by atoms with Crippen LogP contribution < -0.4 is 4.90 Å². The average molecular weight is 221 g/mol. The molecule has 2 heteroatoms. The zero-order valence-electron chi connectivity index (χ0n) is 9.53. The summed E-state index contributed by atoms with van der Waals surface area (Å²) >= 11 is 0. The number of anilines is 1. The minimum atomic E-state index is 0.0551. The van der Waals surface area contributed by atoms with Crippen LogP contribution in [0.1, 0.15) is 17.3 Å². The highest BCUT2D eigenvalue weighted by Crippen LogP contribution is 2.36. The van der Waals surface area contributed by atoms with E-state index in [0.717, 1.165) is 22.0 Å². The summed E-state index contributed by atoms with van der Waals surface area (Å²) in [4.78, 5) is 14.0. The van der Waals surface area contributed by atoms with Crippen molar-refractivity contribution in [3.63, 3.8) is 0 Å². The van der Waals surface area contributed by atoms with E-state index in [-0.39, 0.29) is 5.91 Å². The van der Waals surface area contributed by atoms with Crippen LogP contribution in [0, 0.1) is 11.8 Å². The molecule has 1 aliphatic rings. The van der Waals surface area contributed by atoms with Gasteiger partial charge in [0.2, 0.25) is 0 Å². The van der Waals surface area contributed by atoms with Crippen LogP contribution in [-0.2, 0) is 0 Å². The Morgan fingerprint density at radius 2 is 1.94 bits per heavy atom. The topological polar surface area (TPSA) is 20.3 Å². The Kier molecular flexibility index (Phi) is 2.12. The van der Waals surface area contributed by atoms with Crippen molar-refractivity contribution in [1.82, 2.24) is 0 Å². The number of amides is 1. The lowest BCUT2D eigenvalue weighted by atomic mass is 10.1. The Morgan fingerprint density at radius 1 is 1.18 bits per heavy atom. The Labute approximate surface area is 99.9 Å². The largest absolute Gasteiger partial charge is 0.296 e.